The predicted octanol–water partition coefficient (Wildman–Crippen LogP) is 2.89. The van der Waals surface area contributed by atoms with Crippen LogP contribution in [0.3, 0.4) is 0 Å². The number of nitrogens with one attached hydrogen (secondary N) is 1. The van der Waals surface area contributed by atoms with Crippen LogP contribution >= 0.6 is 0 Å². The molecule has 2 heteroatoms. The predicted molar refractivity (Wildman–Crippen MR) is 74.2 cm³/mol. The fourth-order valence-electron chi connectivity index (χ4n) is 3.92. The summed E-state index contributed by atoms with van der Waals surface area (Å²) in [5.74, 6) is 1.91. The largest absolute Gasteiger partial charge is 0.313 e. The first-order valence-electron chi connectivity index (χ1n) is 7.73. The average Bonchev–Trinajstić information content (AvgIpc) is 2.92. The summed E-state index contributed by atoms with van der Waals surface area (Å²) in [6.45, 7) is 10.9. The lowest BCUT2D eigenvalue weighted by atomic mass is 9.93. The summed E-state index contributed by atoms with van der Waals surface area (Å²) < 4.78 is 0. The smallest absolute Gasteiger partial charge is 0.0207 e. The van der Waals surface area contributed by atoms with Gasteiger partial charge in [0.05, 0.1) is 0 Å². The molecule has 4 atom stereocenters. The molecule has 0 radical (unpaired) electrons. The zero-order valence-electron chi connectivity index (χ0n) is 11.9. The summed E-state index contributed by atoms with van der Waals surface area (Å²) >= 11 is 0. The lowest BCUT2D eigenvalue weighted by Crippen LogP contribution is -2.39. The van der Waals surface area contributed by atoms with Crippen LogP contribution in [0.25, 0.3) is 0 Å². The van der Waals surface area contributed by atoms with E-state index in [0.717, 1.165) is 23.9 Å². The minimum Gasteiger partial charge on any atom is -0.313 e. The summed E-state index contributed by atoms with van der Waals surface area (Å²) in [5, 5.41) is 3.68. The maximum atomic E-state index is 3.68. The molecule has 1 saturated heterocycles. The molecule has 1 saturated carbocycles. The van der Waals surface area contributed by atoms with E-state index >= 15 is 0 Å². The second kappa shape index (κ2) is 6.19. The van der Waals surface area contributed by atoms with Gasteiger partial charge < -0.3 is 5.32 Å². The Balaban J connectivity index is 1.80. The van der Waals surface area contributed by atoms with E-state index in [9.17, 15) is 0 Å². The van der Waals surface area contributed by atoms with Crippen LogP contribution in [0.5, 0.6) is 0 Å². The molecule has 0 amide bonds. The Morgan fingerprint density at radius 1 is 1.18 bits per heavy atom. The minimum absolute atomic E-state index is 0.767. The monoisotopic (exact) mass is 238 g/mol. The van der Waals surface area contributed by atoms with Crippen LogP contribution in [0.1, 0.15) is 52.9 Å². The van der Waals surface area contributed by atoms with Crippen LogP contribution in [0.4, 0.5) is 0 Å². The van der Waals surface area contributed by atoms with Gasteiger partial charge in [-0.3, -0.25) is 4.90 Å². The fraction of sp³-hybridized carbons (Fsp3) is 1.00. The van der Waals surface area contributed by atoms with Crippen molar-refractivity contribution in [3.8, 4) is 0 Å². The topological polar surface area (TPSA) is 15.3 Å². The molecule has 0 aromatic rings. The SMILES string of the molecule is CCCNC1CCN(C2CCC(CC)C2C)C1. The van der Waals surface area contributed by atoms with Crippen LogP contribution in [0.2, 0.25) is 0 Å². The van der Waals surface area contributed by atoms with Crippen LogP contribution in [0, 0.1) is 11.8 Å². The van der Waals surface area contributed by atoms with Crippen molar-refractivity contribution in [3.05, 3.63) is 0 Å². The quantitative estimate of drug-likeness (QED) is 0.792. The first kappa shape index (κ1) is 13.4. The van der Waals surface area contributed by atoms with E-state index in [1.165, 1.54) is 51.7 Å². The molecule has 0 aromatic carbocycles. The van der Waals surface area contributed by atoms with Gasteiger partial charge in [-0.25, -0.2) is 0 Å². The summed E-state index contributed by atoms with van der Waals surface area (Å²) in [6.07, 6.45) is 6.91. The zero-order valence-corrected chi connectivity index (χ0v) is 11.9. The second-order valence-electron chi connectivity index (χ2n) is 6.11. The number of nitrogens with zero attached hydrogens (tertiary/aromatic N) is 1. The number of hydrogen-bond donors (Lipinski definition) is 1. The molecule has 2 nitrogen and oxygen atoms in total. The molecule has 0 bridgehead atoms. The van der Waals surface area contributed by atoms with Crippen LogP contribution in [-0.2, 0) is 0 Å². The summed E-state index contributed by atoms with van der Waals surface area (Å²) in [5.41, 5.74) is 0. The first-order chi connectivity index (χ1) is 8.26. The molecule has 0 aromatic heterocycles. The van der Waals surface area contributed by atoms with Crippen molar-refractivity contribution in [1.82, 2.24) is 10.2 Å². The molecule has 4 unspecified atom stereocenters. The Hall–Kier alpha value is -0.0800. The third-order valence-corrected chi connectivity index (χ3v) is 5.08. The third-order valence-electron chi connectivity index (χ3n) is 5.08. The minimum atomic E-state index is 0.767. The van der Waals surface area contributed by atoms with Crippen LogP contribution in [-0.4, -0.2) is 36.6 Å². The molecule has 17 heavy (non-hydrogen) atoms. The maximum Gasteiger partial charge on any atom is 0.0207 e. The Morgan fingerprint density at radius 2 is 2.00 bits per heavy atom. The standard InChI is InChI=1S/C15H30N2/c1-4-9-16-14-8-10-17(11-14)15-7-6-13(5-2)12(15)3/h12-16H,4-11H2,1-3H3. The van der Waals surface area contributed by atoms with Gasteiger partial charge >= 0.3 is 0 Å². The van der Waals surface area contributed by atoms with E-state index in [1.807, 2.05) is 0 Å². The average molecular weight is 238 g/mol. The van der Waals surface area contributed by atoms with Gasteiger partial charge in [0.2, 0.25) is 0 Å². The van der Waals surface area contributed by atoms with E-state index < -0.39 is 0 Å². The molecule has 1 heterocycles. The highest BCUT2D eigenvalue weighted by Crippen LogP contribution is 2.38. The van der Waals surface area contributed by atoms with E-state index in [-0.39, 0.29) is 0 Å². The maximum absolute atomic E-state index is 3.68. The second-order valence-corrected chi connectivity index (χ2v) is 6.11. The molecule has 1 N–H and O–H groups in total. The van der Waals surface area contributed by atoms with E-state index in [4.69, 9.17) is 0 Å². The number of hydrogen-bond acceptors (Lipinski definition) is 2. The summed E-state index contributed by atoms with van der Waals surface area (Å²) in [6, 6.07) is 1.65. The molecular weight excluding hydrogens is 208 g/mol. The van der Waals surface area contributed by atoms with Gasteiger partial charge in [0.15, 0.2) is 0 Å². The van der Waals surface area contributed by atoms with Gasteiger partial charge in [-0.15, -0.1) is 0 Å². The van der Waals surface area contributed by atoms with Crippen molar-refractivity contribution in [1.29, 1.82) is 0 Å². The van der Waals surface area contributed by atoms with Crippen molar-refractivity contribution in [3.63, 3.8) is 0 Å². The molecule has 0 spiro atoms. The van der Waals surface area contributed by atoms with Gasteiger partial charge in [-0.2, -0.15) is 0 Å². The molecular formula is C15H30N2. The van der Waals surface area contributed by atoms with E-state index in [2.05, 4.69) is 31.0 Å². The van der Waals surface area contributed by atoms with E-state index in [0.29, 0.717) is 0 Å². The van der Waals surface area contributed by atoms with Gasteiger partial charge in [-0.1, -0.05) is 27.2 Å². The van der Waals surface area contributed by atoms with Crippen molar-refractivity contribution in [2.24, 2.45) is 11.8 Å². The number of likely N-dealkylation sites (tertiary alicyclic amines) is 1. The van der Waals surface area contributed by atoms with Gasteiger partial charge in [-0.05, 0) is 44.1 Å². The Morgan fingerprint density at radius 3 is 2.65 bits per heavy atom. The third kappa shape index (κ3) is 3.03. The summed E-state index contributed by atoms with van der Waals surface area (Å²) in [4.78, 5) is 2.77. The Kier molecular flexibility index (Phi) is 4.87. The van der Waals surface area contributed by atoms with Crippen molar-refractivity contribution < 1.29 is 0 Å². The van der Waals surface area contributed by atoms with Gasteiger partial charge in [0.1, 0.15) is 0 Å². The Bertz CT molecular complexity index is 229. The Labute approximate surface area is 107 Å². The van der Waals surface area contributed by atoms with Crippen molar-refractivity contribution >= 4 is 0 Å². The first-order valence-corrected chi connectivity index (χ1v) is 7.73. The molecule has 100 valence electrons. The molecule has 1 aliphatic carbocycles. The highest BCUT2D eigenvalue weighted by molar-refractivity contribution is 4.93. The molecule has 2 aliphatic rings. The highest BCUT2D eigenvalue weighted by Gasteiger charge is 2.37. The lowest BCUT2D eigenvalue weighted by Gasteiger charge is -2.29. The normalized spacial score (nSPS) is 39.0. The molecule has 1 aliphatic heterocycles. The molecule has 2 fully saturated rings. The van der Waals surface area contributed by atoms with E-state index in [1.54, 1.807) is 0 Å². The zero-order chi connectivity index (χ0) is 12.3. The number of rotatable bonds is 5. The summed E-state index contributed by atoms with van der Waals surface area (Å²) in [7, 11) is 0. The van der Waals surface area contributed by atoms with Crippen LogP contribution < -0.4 is 5.32 Å². The molecule has 2 rings (SSSR count). The fourth-order valence-corrected chi connectivity index (χ4v) is 3.92. The van der Waals surface area contributed by atoms with Gasteiger partial charge in [0.25, 0.3) is 0 Å². The van der Waals surface area contributed by atoms with Crippen molar-refractivity contribution in [2.75, 3.05) is 19.6 Å². The van der Waals surface area contributed by atoms with Gasteiger partial charge in [0, 0.05) is 25.2 Å². The lowest BCUT2D eigenvalue weighted by molar-refractivity contribution is 0.184. The highest BCUT2D eigenvalue weighted by atomic mass is 15.2. The van der Waals surface area contributed by atoms with Crippen LogP contribution in [0.15, 0.2) is 0 Å². The van der Waals surface area contributed by atoms with Crippen molar-refractivity contribution in [2.45, 2.75) is 65.0 Å².